The van der Waals surface area contributed by atoms with E-state index < -0.39 is 5.54 Å². The molecule has 18 heavy (non-hydrogen) atoms. The second-order valence-corrected chi connectivity index (χ2v) is 5.48. The van der Waals surface area contributed by atoms with E-state index in [9.17, 15) is 4.79 Å². The summed E-state index contributed by atoms with van der Waals surface area (Å²) in [5, 5.41) is 3.35. The van der Waals surface area contributed by atoms with E-state index >= 15 is 0 Å². The van der Waals surface area contributed by atoms with E-state index in [2.05, 4.69) is 24.2 Å². The number of nitrogens with zero attached hydrogens (tertiary/aromatic N) is 1. The zero-order valence-corrected chi connectivity index (χ0v) is 12.3. The lowest BCUT2D eigenvalue weighted by Gasteiger charge is -2.40. The third kappa shape index (κ3) is 3.95. The summed E-state index contributed by atoms with van der Waals surface area (Å²) >= 11 is 0. The number of esters is 1. The molecule has 1 aliphatic rings. The first-order valence-electron chi connectivity index (χ1n) is 7.16. The van der Waals surface area contributed by atoms with Crippen molar-refractivity contribution in [2.24, 2.45) is 0 Å². The fourth-order valence-electron chi connectivity index (χ4n) is 2.34. The molecule has 106 valence electrons. The highest BCUT2D eigenvalue weighted by Gasteiger charge is 2.37. The van der Waals surface area contributed by atoms with Crippen LogP contribution >= 0.6 is 0 Å². The molecule has 4 nitrogen and oxygen atoms in total. The number of carbonyl (C=O) groups is 1. The average molecular weight is 256 g/mol. The molecule has 1 unspecified atom stereocenters. The number of hydrogen-bond acceptors (Lipinski definition) is 4. The van der Waals surface area contributed by atoms with Crippen molar-refractivity contribution in [2.45, 2.75) is 58.0 Å². The molecule has 0 amide bonds. The molecule has 0 aromatic rings. The Kier molecular flexibility index (Phi) is 6.09. The lowest BCUT2D eigenvalue weighted by Crippen LogP contribution is -2.59. The van der Waals surface area contributed by atoms with E-state index in [-0.39, 0.29) is 5.97 Å². The number of likely N-dealkylation sites (N-methyl/N-ethyl adjacent to an activating group) is 1. The zero-order chi connectivity index (χ0) is 13.6. The molecule has 0 aliphatic heterocycles. The molecular formula is C14H28N2O2. The Morgan fingerprint density at radius 3 is 2.56 bits per heavy atom. The Bertz CT molecular complexity index is 267. The summed E-state index contributed by atoms with van der Waals surface area (Å²) < 4.78 is 5.21. The van der Waals surface area contributed by atoms with E-state index in [4.69, 9.17) is 4.74 Å². The van der Waals surface area contributed by atoms with Crippen LogP contribution in [0.15, 0.2) is 0 Å². The van der Waals surface area contributed by atoms with Crippen LogP contribution in [0.4, 0.5) is 0 Å². The van der Waals surface area contributed by atoms with Gasteiger partial charge >= 0.3 is 5.97 Å². The molecule has 0 saturated heterocycles. The van der Waals surface area contributed by atoms with Gasteiger partial charge in [-0.2, -0.15) is 0 Å². The monoisotopic (exact) mass is 256 g/mol. The summed E-state index contributed by atoms with van der Waals surface area (Å²) in [5.74, 6) is -0.135. The highest BCUT2D eigenvalue weighted by Crippen LogP contribution is 2.25. The normalized spacial score (nSPS) is 19.4. The van der Waals surface area contributed by atoms with Crippen molar-refractivity contribution in [2.75, 3.05) is 26.7 Å². The summed E-state index contributed by atoms with van der Waals surface area (Å²) in [7, 11) is 2.11. The Labute approximate surface area is 111 Å². The molecule has 0 aromatic carbocycles. The predicted molar refractivity (Wildman–Crippen MR) is 73.6 cm³/mol. The molecule has 1 saturated carbocycles. The van der Waals surface area contributed by atoms with Crippen LogP contribution in [0.3, 0.4) is 0 Å². The summed E-state index contributed by atoms with van der Waals surface area (Å²) in [6.45, 7) is 7.91. The van der Waals surface area contributed by atoms with E-state index in [1.807, 2.05) is 13.8 Å². The van der Waals surface area contributed by atoms with Gasteiger partial charge in [0.25, 0.3) is 0 Å². The maximum Gasteiger partial charge on any atom is 0.327 e. The molecule has 0 bridgehead atoms. The number of hydrogen-bond donors (Lipinski definition) is 1. The van der Waals surface area contributed by atoms with Gasteiger partial charge in [-0.25, -0.2) is 0 Å². The Hall–Kier alpha value is -0.610. The van der Waals surface area contributed by atoms with Gasteiger partial charge in [-0.1, -0.05) is 13.3 Å². The highest BCUT2D eigenvalue weighted by atomic mass is 16.5. The molecule has 4 heteroatoms. The van der Waals surface area contributed by atoms with Crippen LogP contribution < -0.4 is 5.32 Å². The second-order valence-electron chi connectivity index (χ2n) is 5.48. The van der Waals surface area contributed by atoms with Crippen molar-refractivity contribution >= 4 is 5.97 Å². The summed E-state index contributed by atoms with van der Waals surface area (Å²) in [6, 6.07) is 0.641. The summed E-state index contributed by atoms with van der Waals surface area (Å²) in [5.41, 5.74) is -0.587. The van der Waals surface area contributed by atoms with Gasteiger partial charge in [0, 0.05) is 12.6 Å². The van der Waals surface area contributed by atoms with Gasteiger partial charge in [-0.05, 0) is 46.7 Å². The van der Waals surface area contributed by atoms with Gasteiger partial charge in [-0.15, -0.1) is 0 Å². The fraction of sp³-hybridized carbons (Fsp3) is 0.929. The Morgan fingerprint density at radius 2 is 2.11 bits per heavy atom. The number of ether oxygens (including phenoxy) is 1. The lowest BCUT2D eigenvalue weighted by molar-refractivity contribution is -0.151. The summed E-state index contributed by atoms with van der Waals surface area (Å²) in [4.78, 5) is 14.4. The van der Waals surface area contributed by atoms with Crippen LogP contribution in [-0.2, 0) is 9.53 Å². The molecule has 1 rings (SSSR count). The van der Waals surface area contributed by atoms with Crippen molar-refractivity contribution in [3.8, 4) is 0 Å². The van der Waals surface area contributed by atoms with Gasteiger partial charge < -0.3 is 15.0 Å². The van der Waals surface area contributed by atoms with Crippen molar-refractivity contribution in [1.82, 2.24) is 10.2 Å². The zero-order valence-electron chi connectivity index (χ0n) is 12.3. The number of carbonyl (C=O) groups excluding carboxylic acids is 1. The molecule has 0 heterocycles. The van der Waals surface area contributed by atoms with Gasteiger partial charge in [-0.3, -0.25) is 4.79 Å². The maximum atomic E-state index is 12.1. The van der Waals surface area contributed by atoms with E-state index in [0.29, 0.717) is 12.6 Å². The first-order chi connectivity index (χ1) is 8.53. The molecular weight excluding hydrogens is 228 g/mol. The second kappa shape index (κ2) is 7.10. The fourth-order valence-corrected chi connectivity index (χ4v) is 2.34. The standard InChI is InChI=1S/C14H28N2O2/c1-5-10-15-14(3,13(17)18-6-2)11-16(4)12-8-7-9-12/h12,15H,5-11H2,1-4H3. The first-order valence-corrected chi connectivity index (χ1v) is 7.16. The van der Waals surface area contributed by atoms with Crippen LogP contribution in [0.25, 0.3) is 0 Å². The van der Waals surface area contributed by atoms with E-state index in [0.717, 1.165) is 19.5 Å². The Morgan fingerprint density at radius 1 is 1.44 bits per heavy atom. The van der Waals surface area contributed by atoms with Crippen molar-refractivity contribution in [3.63, 3.8) is 0 Å². The minimum Gasteiger partial charge on any atom is -0.465 e. The smallest absolute Gasteiger partial charge is 0.327 e. The molecule has 0 radical (unpaired) electrons. The van der Waals surface area contributed by atoms with E-state index in [1.165, 1.54) is 19.3 Å². The topological polar surface area (TPSA) is 41.6 Å². The number of rotatable bonds is 8. The third-order valence-electron chi connectivity index (χ3n) is 3.75. The van der Waals surface area contributed by atoms with Crippen LogP contribution in [-0.4, -0.2) is 49.2 Å². The van der Waals surface area contributed by atoms with Crippen LogP contribution in [0.2, 0.25) is 0 Å². The largest absolute Gasteiger partial charge is 0.465 e. The first kappa shape index (κ1) is 15.4. The maximum absolute atomic E-state index is 12.1. The third-order valence-corrected chi connectivity index (χ3v) is 3.75. The SMILES string of the molecule is CCCNC(C)(CN(C)C1CCC1)C(=O)OCC. The van der Waals surface area contributed by atoms with E-state index in [1.54, 1.807) is 0 Å². The summed E-state index contributed by atoms with van der Waals surface area (Å²) in [6.07, 6.45) is 4.84. The molecule has 1 fully saturated rings. The van der Waals surface area contributed by atoms with Crippen LogP contribution in [0.5, 0.6) is 0 Å². The minimum absolute atomic E-state index is 0.135. The van der Waals surface area contributed by atoms with Gasteiger partial charge in [0.2, 0.25) is 0 Å². The molecule has 1 aliphatic carbocycles. The molecule has 0 aromatic heterocycles. The van der Waals surface area contributed by atoms with Gasteiger partial charge in [0.15, 0.2) is 0 Å². The Balaban J connectivity index is 2.59. The van der Waals surface area contributed by atoms with Gasteiger partial charge in [0.05, 0.1) is 6.61 Å². The van der Waals surface area contributed by atoms with Crippen molar-refractivity contribution < 1.29 is 9.53 Å². The lowest BCUT2D eigenvalue weighted by atomic mass is 9.90. The number of nitrogens with one attached hydrogen (secondary N) is 1. The minimum atomic E-state index is -0.587. The quantitative estimate of drug-likeness (QED) is 0.672. The van der Waals surface area contributed by atoms with Crippen LogP contribution in [0.1, 0.15) is 46.5 Å². The van der Waals surface area contributed by atoms with Gasteiger partial charge in [0.1, 0.15) is 5.54 Å². The van der Waals surface area contributed by atoms with Crippen molar-refractivity contribution in [3.05, 3.63) is 0 Å². The molecule has 0 spiro atoms. The highest BCUT2D eigenvalue weighted by molar-refractivity contribution is 5.80. The van der Waals surface area contributed by atoms with Crippen molar-refractivity contribution in [1.29, 1.82) is 0 Å². The molecule has 1 N–H and O–H groups in total. The van der Waals surface area contributed by atoms with Crippen LogP contribution in [0, 0.1) is 0 Å². The average Bonchev–Trinajstić information content (AvgIpc) is 2.24. The predicted octanol–water partition coefficient (Wildman–Crippen LogP) is 1.79. The molecule has 1 atom stereocenters.